The fraction of sp³-hybridized carbons (Fsp3) is 0.667. The van der Waals surface area contributed by atoms with Crippen molar-refractivity contribution in [2.24, 2.45) is 7.05 Å². The van der Waals surface area contributed by atoms with Crippen LogP contribution in [0.15, 0.2) is 6.07 Å². The Labute approximate surface area is 171 Å². The highest BCUT2D eigenvalue weighted by Gasteiger charge is 2.38. The third-order valence-corrected chi connectivity index (χ3v) is 9.76. The lowest BCUT2D eigenvalue weighted by Gasteiger charge is -2.36. The molecule has 0 amide bonds. The van der Waals surface area contributed by atoms with Crippen LogP contribution in [0.25, 0.3) is 5.82 Å². The number of nitro groups is 1. The third kappa shape index (κ3) is 5.02. The van der Waals surface area contributed by atoms with Crippen LogP contribution in [0.1, 0.15) is 32.2 Å². The molecule has 0 bridgehead atoms. The van der Waals surface area contributed by atoms with Gasteiger partial charge in [-0.1, -0.05) is 20.8 Å². The summed E-state index contributed by atoms with van der Waals surface area (Å²) < 4.78 is 28.6. The van der Waals surface area contributed by atoms with Crippen molar-refractivity contribution < 1.29 is 18.5 Å². The summed E-state index contributed by atoms with van der Waals surface area (Å²) in [5.74, 6) is 0.331. The predicted molar refractivity (Wildman–Crippen MR) is 110 cm³/mol. The zero-order chi connectivity index (χ0) is 22.1. The highest BCUT2D eigenvalue weighted by molar-refractivity contribution is 6.74. The third-order valence-electron chi connectivity index (χ3n) is 5.26. The van der Waals surface area contributed by atoms with Crippen molar-refractivity contribution in [3.63, 3.8) is 0 Å². The van der Waals surface area contributed by atoms with Gasteiger partial charge in [0.15, 0.2) is 20.3 Å². The lowest BCUT2D eigenvalue weighted by atomic mass is 10.2. The summed E-state index contributed by atoms with van der Waals surface area (Å²) in [4.78, 5) is 11.0. The fourth-order valence-corrected chi connectivity index (χ4v) is 3.56. The summed E-state index contributed by atoms with van der Waals surface area (Å²) in [5, 5.41) is 19.9. The number of hydrogen-bond acceptors (Lipinski definition) is 6. The van der Waals surface area contributed by atoms with Crippen molar-refractivity contribution in [2.75, 3.05) is 13.2 Å². The smallest absolute Gasteiger partial charge is 0.353 e. The van der Waals surface area contributed by atoms with Gasteiger partial charge < -0.3 is 9.16 Å². The summed E-state index contributed by atoms with van der Waals surface area (Å²) in [6.07, 6.45) is -1.42. The van der Waals surface area contributed by atoms with E-state index >= 15 is 0 Å². The molecule has 0 spiro atoms. The molecule has 0 aliphatic heterocycles. The van der Waals surface area contributed by atoms with Crippen molar-refractivity contribution >= 4 is 14.0 Å². The van der Waals surface area contributed by atoms with Crippen LogP contribution in [-0.2, 0) is 11.5 Å². The van der Waals surface area contributed by atoms with Crippen molar-refractivity contribution in [1.82, 2.24) is 19.6 Å². The van der Waals surface area contributed by atoms with Gasteiger partial charge in [-0.25, -0.2) is 9.07 Å². The van der Waals surface area contributed by atoms with Gasteiger partial charge in [-0.15, -0.1) is 5.10 Å². The molecule has 29 heavy (non-hydrogen) atoms. The van der Waals surface area contributed by atoms with Crippen molar-refractivity contribution in [2.45, 2.75) is 58.9 Å². The number of rotatable bonds is 8. The molecule has 9 nitrogen and oxygen atoms in total. The van der Waals surface area contributed by atoms with Gasteiger partial charge in [-0.2, -0.15) is 5.10 Å². The molecule has 0 aliphatic rings. The van der Waals surface area contributed by atoms with Gasteiger partial charge in [0.05, 0.1) is 17.2 Å². The van der Waals surface area contributed by atoms with E-state index in [1.807, 2.05) is 20.0 Å². The van der Waals surface area contributed by atoms with Crippen molar-refractivity contribution in [3.8, 4) is 11.7 Å². The minimum Gasteiger partial charge on any atom is -0.469 e. The van der Waals surface area contributed by atoms with E-state index in [4.69, 9.17) is 9.16 Å². The molecule has 0 saturated heterocycles. The Morgan fingerprint density at radius 2 is 1.90 bits per heavy atom. The highest BCUT2D eigenvalue weighted by atomic mass is 28.4. The van der Waals surface area contributed by atoms with Crippen LogP contribution in [0.4, 0.5) is 10.1 Å². The standard InChI is InChI=1S/C18H30FN5O4Si/c1-12-9-15(22(6)20-12)23-13(2)16(24(25)26)17(21-23)27-10-14(19)11-28-29(7,8)18(3,4)5/h9,14H,10-11H2,1-8H3. The summed E-state index contributed by atoms with van der Waals surface area (Å²) in [5.41, 5.74) is 0.733. The highest BCUT2D eigenvalue weighted by Crippen LogP contribution is 2.37. The molecule has 0 N–H and O–H groups in total. The number of nitrogens with zero attached hydrogens (tertiary/aromatic N) is 5. The first kappa shape index (κ1) is 23.0. The molecular weight excluding hydrogens is 397 g/mol. The maximum Gasteiger partial charge on any atom is 0.353 e. The number of halogens is 1. The average Bonchev–Trinajstić information content (AvgIpc) is 3.08. The molecular formula is C18H30FN5O4Si. The maximum atomic E-state index is 14.4. The van der Waals surface area contributed by atoms with Crippen LogP contribution < -0.4 is 4.74 Å². The number of alkyl halides is 1. The summed E-state index contributed by atoms with van der Waals surface area (Å²) in [6, 6.07) is 1.75. The summed E-state index contributed by atoms with van der Waals surface area (Å²) in [6.45, 7) is 13.2. The molecule has 0 saturated carbocycles. The Bertz CT molecular complexity index is 888. The SMILES string of the molecule is Cc1cc(-n2nc(OCC(F)CO[Si](C)(C)C(C)(C)C)c([N+](=O)[O-])c2C)n(C)n1. The average molecular weight is 428 g/mol. The Balaban J connectivity index is 2.15. The fourth-order valence-electron chi connectivity index (χ4n) is 2.53. The Morgan fingerprint density at radius 3 is 2.38 bits per heavy atom. The molecule has 162 valence electrons. The van der Waals surface area contributed by atoms with Gasteiger partial charge in [-0.3, -0.25) is 14.8 Å². The Morgan fingerprint density at radius 1 is 1.28 bits per heavy atom. The number of ether oxygens (including phenoxy) is 1. The zero-order valence-corrected chi connectivity index (χ0v) is 19.3. The van der Waals surface area contributed by atoms with Crippen LogP contribution >= 0.6 is 0 Å². The first-order chi connectivity index (χ1) is 13.2. The molecule has 0 radical (unpaired) electrons. The first-order valence-electron chi connectivity index (χ1n) is 9.40. The summed E-state index contributed by atoms with van der Waals surface area (Å²) in [7, 11) is -0.377. The van der Waals surface area contributed by atoms with Crippen LogP contribution in [0, 0.1) is 24.0 Å². The van der Waals surface area contributed by atoms with Crippen LogP contribution in [0.3, 0.4) is 0 Å². The minimum absolute atomic E-state index is 0.0382. The van der Waals surface area contributed by atoms with Gasteiger partial charge in [-0.05, 0) is 32.0 Å². The van der Waals surface area contributed by atoms with E-state index in [0.717, 1.165) is 5.69 Å². The lowest BCUT2D eigenvalue weighted by Crippen LogP contribution is -2.42. The molecule has 0 fully saturated rings. The Hall–Kier alpha value is -2.27. The van der Waals surface area contributed by atoms with Crippen molar-refractivity contribution in [1.29, 1.82) is 0 Å². The molecule has 2 aromatic heterocycles. The second kappa shape index (κ2) is 8.23. The van der Waals surface area contributed by atoms with Gasteiger partial charge in [0.25, 0.3) is 0 Å². The normalized spacial score (nSPS) is 13.6. The Kier molecular flexibility index (Phi) is 6.53. The minimum atomic E-state index is -2.09. The molecule has 0 aliphatic carbocycles. The predicted octanol–water partition coefficient (Wildman–Crippen LogP) is 3.87. The summed E-state index contributed by atoms with van der Waals surface area (Å²) >= 11 is 0. The van der Waals surface area contributed by atoms with Crippen LogP contribution in [0.5, 0.6) is 5.88 Å². The van der Waals surface area contributed by atoms with Gasteiger partial charge in [0, 0.05) is 13.1 Å². The van der Waals surface area contributed by atoms with Crippen LogP contribution in [-0.4, -0.2) is 52.2 Å². The molecule has 1 unspecified atom stereocenters. The van der Waals surface area contributed by atoms with E-state index < -0.39 is 19.4 Å². The van der Waals surface area contributed by atoms with E-state index in [1.54, 1.807) is 24.7 Å². The number of aryl methyl sites for hydroxylation is 2. The van der Waals surface area contributed by atoms with E-state index in [2.05, 4.69) is 31.0 Å². The topological polar surface area (TPSA) is 97.2 Å². The second-order valence-electron chi connectivity index (χ2n) is 8.66. The lowest BCUT2D eigenvalue weighted by molar-refractivity contribution is -0.386. The van der Waals surface area contributed by atoms with Gasteiger partial charge in [0.1, 0.15) is 12.3 Å². The zero-order valence-electron chi connectivity index (χ0n) is 18.3. The van der Waals surface area contributed by atoms with E-state index in [0.29, 0.717) is 5.82 Å². The van der Waals surface area contributed by atoms with Gasteiger partial charge >= 0.3 is 11.6 Å². The maximum absolute atomic E-state index is 14.4. The molecule has 2 heterocycles. The first-order valence-corrected chi connectivity index (χ1v) is 12.3. The largest absolute Gasteiger partial charge is 0.469 e. The quantitative estimate of drug-likeness (QED) is 0.360. The van der Waals surface area contributed by atoms with E-state index in [1.165, 1.54) is 4.68 Å². The van der Waals surface area contributed by atoms with Crippen molar-refractivity contribution in [3.05, 3.63) is 27.6 Å². The van der Waals surface area contributed by atoms with Gasteiger partial charge in [0.2, 0.25) is 0 Å². The second-order valence-corrected chi connectivity index (χ2v) is 13.5. The molecule has 2 aromatic rings. The number of hydrogen-bond donors (Lipinski definition) is 0. The molecule has 0 aromatic carbocycles. The monoisotopic (exact) mass is 427 g/mol. The molecule has 11 heteroatoms. The number of aromatic nitrogens is 4. The van der Waals surface area contributed by atoms with E-state index in [-0.39, 0.29) is 35.5 Å². The van der Waals surface area contributed by atoms with E-state index in [9.17, 15) is 14.5 Å². The molecule has 1 atom stereocenters. The van der Waals surface area contributed by atoms with Crippen LogP contribution in [0.2, 0.25) is 18.1 Å². The molecule has 2 rings (SSSR count).